The summed E-state index contributed by atoms with van der Waals surface area (Å²) in [5.74, 6) is 0.348. The number of anilines is 1. The van der Waals surface area contributed by atoms with Crippen molar-refractivity contribution in [2.45, 2.75) is 26.0 Å². The van der Waals surface area contributed by atoms with Crippen molar-refractivity contribution in [3.05, 3.63) is 35.4 Å². The molecule has 0 bridgehead atoms. The van der Waals surface area contributed by atoms with Crippen LogP contribution in [-0.4, -0.2) is 53.0 Å². The van der Waals surface area contributed by atoms with E-state index in [0.717, 1.165) is 24.6 Å². The van der Waals surface area contributed by atoms with Gasteiger partial charge in [-0.05, 0) is 12.8 Å². The Morgan fingerprint density at radius 2 is 1.92 bits per heavy atom. The molecule has 0 aromatic carbocycles. The summed E-state index contributed by atoms with van der Waals surface area (Å²) in [4.78, 5) is 22.9. The Kier molecular flexibility index (Phi) is 5.05. The van der Waals surface area contributed by atoms with Crippen molar-refractivity contribution in [2.24, 2.45) is 0 Å². The topological polar surface area (TPSA) is 82.4 Å². The number of esters is 1. The van der Waals surface area contributed by atoms with Crippen molar-refractivity contribution in [3.63, 3.8) is 0 Å². The normalized spacial score (nSPS) is 14.2. The summed E-state index contributed by atoms with van der Waals surface area (Å²) < 4.78 is 11.5. The summed E-state index contributed by atoms with van der Waals surface area (Å²) in [5, 5.41) is 4.39. The Morgan fingerprint density at radius 1 is 1.21 bits per heavy atom. The average Bonchev–Trinajstić information content (AvgIpc) is 3.25. The van der Waals surface area contributed by atoms with Gasteiger partial charge in [-0.25, -0.2) is 14.8 Å². The molecular weight excluding hydrogens is 310 g/mol. The van der Waals surface area contributed by atoms with Crippen LogP contribution in [0.1, 0.15) is 34.5 Å². The number of aromatic nitrogens is 4. The van der Waals surface area contributed by atoms with E-state index in [9.17, 15) is 4.79 Å². The molecule has 0 saturated carbocycles. The number of carbonyl (C=O) groups excluding carboxylic acids is 1. The van der Waals surface area contributed by atoms with Crippen LogP contribution in [0.5, 0.6) is 0 Å². The van der Waals surface area contributed by atoms with Gasteiger partial charge in [0.15, 0.2) is 0 Å². The SMILES string of the molecule is COCc1nn(Cc2cnc(N3CCCC3)nc2)cc1C(=O)OC. The highest BCUT2D eigenvalue weighted by molar-refractivity contribution is 5.90. The van der Waals surface area contributed by atoms with Crippen LogP contribution in [0.2, 0.25) is 0 Å². The van der Waals surface area contributed by atoms with Crippen molar-refractivity contribution in [2.75, 3.05) is 32.2 Å². The first-order chi connectivity index (χ1) is 11.7. The first-order valence-electron chi connectivity index (χ1n) is 7.90. The summed E-state index contributed by atoms with van der Waals surface area (Å²) in [5.41, 5.74) is 1.88. The van der Waals surface area contributed by atoms with Crippen LogP contribution in [0.4, 0.5) is 5.95 Å². The monoisotopic (exact) mass is 331 g/mol. The Morgan fingerprint density at radius 3 is 2.54 bits per heavy atom. The highest BCUT2D eigenvalue weighted by Crippen LogP contribution is 2.16. The zero-order valence-corrected chi connectivity index (χ0v) is 13.9. The molecule has 24 heavy (non-hydrogen) atoms. The number of rotatable bonds is 6. The lowest BCUT2D eigenvalue weighted by Gasteiger charge is -2.14. The summed E-state index contributed by atoms with van der Waals surface area (Å²) >= 11 is 0. The Labute approximate surface area is 140 Å². The van der Waals surface area contributed by atoms with Crippen LogP contribution in [0.15, 0.2) is 18.6 Å². The molecule has 1 fully saturated rings. The van der Waals surface area contributed by atoms with E-state index in [0.29, 0.717) is 17.8 Å². The van der Waals surface area contributed by atoms with Gasteiger partial charge in [-0.2, -0.15) is 5.10 Å². The second-order valence-corrected chi connectivity index (χ2v) is 5.70. The molecule has 1 aliphatic heterocycles. The van der Waals surface area contributed by atoms with E-state index in [4.69, 9.17) is 9.47 Å². The number of carbonyl (C=O) groups is 1. The number of hydrogen-bond donors (Lipinski definition) is 0. The molecule has 1 aliphatic rings. The van der Waals surface area contributed by atoms with E-state index in [-0.39, 0.29) is 6.61 Å². The van der Waals surface area contributed by atoms with Gasteiger partial charge in [0, 0.05) is 44.4 Å². The quantitative estimate of drug-likeness (QED) is 0.737. The maximum absolute atomic E-state index is 11.8. The predicted octanol–water partition coefficient (Wildman–Crippen LogP) is 1.25. The third kappa shape index (κ3) is 3.53. The second-order valence-electron chi connectivity index (χ2n) is 5.70. The Bertz CT molecular complexity index is 692. The van der Waals surface area contributed by atoms with Gasteiger partial charge in [0.25, 0.3) is 0 Å². The third-order valence-electron chi connectivity index (χ3n) is 3.95. The smallest absolute Gasteiger partial charge is 0.341 e. The van der Waals surface area contributed by atoms with Crippen LogP contribution in [-0.2, 0) is 22.6 Å². The van der Waals surface area contributed by atoms with E-state index in [2.05, 4.69) is 20.0 Å². The van der Waals surface area contributed by atoms with E-state index >= 15 is 0 Å². The van der Waals surface area contributed by atoms with Crippen molar-refractivity contribution in [3.8, 4) is 0 Å². The fourth-order valence-corrected chi connectivity index (χ4v) is 2.76. The van der Waals surface area contributed by atoms with Crippen molar-refractivity contribution >= 4 is 11.9 Å². The minimum atomic E-state index is -0.422. The Balaban J connectivity index is 1.74. The lowest BCUT2D eigenvalue weighted by Crippen LogP contribution is -2.20. The molecule has 0 spiro atoms. The van der Waals surface area contributed by atoms with Crippen LogP contribution in [0, 0.1) is 0 Å². The molecule has 0 atom stereocenters. The minimum absolute atomic E-state index is 0.252. The first kappa shape index (κ1) is 16.4. The predicted molar refractivity (Wildman–Crippen MR) is 86.9 cm³/mol. The molecule has 0 amide bonds. The largest absolute Gasteiger partial charge is 0.465 e. The van der Waals surface area contributed by atoms with Crippen LogP contribution in [0.25, 0.3) is 0 Å². The van der Waals surface area contributed by atoms with Gasteiger partial charge in [-0.3, -0.25) is 4.68 Å². The van der Waals surface area contributed by atoms with Gasteiger partial charge in [-0.1, -0.05) is 0 Å². The summed E-state index contributed by atoms with van der Waals surface area (Å²) in [7, 11) is 2.91. The Hall–Kier alpha value is -2.48. The summed E-state index contributed by atoms with van der Waals surface area (Å²) in [6.07, 6.45) is 7.65. The van der Waals surface area contributed by atoms with Crippen molar-refractivity contribution < 1.29 is 14.3 Å². The molecule has 0 radical (unpaired) electrons. The van der Waals surface area contributed by atoms with Crippen molar-refractivity contribution in [1.29, 1.82) is 0 Å². The number of ether oxygens (including phenoxy) is 2. The molecule has 0 aliphatic carbocycles. The maximum atomic E-state index is 11.8. The molecule has 0 unspecified atom stereocenters. The zero-order valence-electron chi connectivity index (χ0n) is 13.9. The highest BCUT2D eigenvalue weighted by Gasteiger charge is 2.18. The van der Waals surface area contributed by atoms with Gasteiger partial charge >= 0.3 is 5.97 Å². The molecule has 0 N–H and O–H groups in total. The van der Waals surface area contributed by atoms with Gasteiger partial charge in [0.2, 0.25) is 5.95 Å². The molecular formula is C16H21N5O3. The lowest BCUT2D eigenvalue weighted by atomic mass is 10.2. The fourth-order valence-electron chi connectivity index (χ4n) is 2.76. The van der Waals surface area contributed by atoms with Crippen LogP contribution in [0.3, 0.4) is 0 Å². The van der Waals surface area contributed by atoms with Crippen LogP contribution < -0.4 is 4.90 Å². The second kappa shape index (κ2) is 7.39. The maximum Gasteiger partial charge on any atom is 0.341 e. The van der Waals surface area contributed by atoms with E-state index in [1.165, 1.54) is 20.0 Å². The third-order valence-corrected chi connectivity index (χ3v) is 3.95. The molecule has 8 heteroatoms. The standard InChI is InChI=1S/C16H21N5O3/c1-23-11-14-13(15(22)24-2)10-21(19-14)9-12-7-17-16(18-8-12)20-5-3-4-6-20/h7-8,10H,3-6,9,11H2,1-2H3. The average molecular weight is 331 g/mol. The van der Waals surface area contributed by atoms with E-state index < -0.39 is 5.97 Å². The molecule has 8 nitrogen and oxygen atoms in total. The van der Waals surface area contributed by atoms with Crippen molar-refractivity contribution in [1.82, 2.24) is 19.7 Å². The molecule has 1 saturated heterocycles. The van der Waals surface area contributed by atoms with Gasteiger partial charge in [0.1, 0.15) is 11.3 Å². The summed E-state index contributed by atoms with van der Waals surface area (Å²) in [6, 6.07) is 0. The minimum Gasteiger partial charge on any atom is -0.465 e. The van der Waals surface area contributed by atoms with Gasteiger partial charge in [-0.15, -0.1) is 0 Å². The molecule has 128 valence electrons. The fraction of sp³-hybridized carbons (Fsp3) is 0.500. The molecule has 3 heterocycles. The zero-order chi connectivity index (χ0) is 16.9. The first-order valence-corrected chi connectivity index (χ1v) is 7.90. The van der Waals surface area contributed by atoms with Crippen LogP contribution >= 0.6 is 0 Å². The number of methoxy groups -OCH3 is 2. The molecule has 2 aromatic heterocycles. The highest BCUT2D eigenvalue weighted by atomic mass is 16.5. The van der Waals surface area contributed by atoms with E-state index in [1.807, 2.05) is 0 Å². The number of hydrogen-bond acceptors (Lipinski definition) is 7. The number of nitrogens with zero attached hydrogens (tertiary/aromatic N) is 5. The molecule has 2 aromatic rings. The van der Waals surface area contributed by atoms with Gasteiger partial charge < -0.3 is 14.4 Å². The van der Waals surface area contributed by atoms with E-state index in [1.54, 1.807) is 30.4 Å². The summed E-state index contributed by atoms with van der Waals surface area (Å²) in [6.45, 7) is 2.76. The lowest BCUT2D eigenvalue weighted by molar-refractivity contribution is 0.0595. The molecule has 3 rings (SSSR count). The van der Waals surface area contributed by atoms with Gasteiger partial charge in [0.05, 0.1) is 20.3 Å².